The molecule has 1 heterocycles. The van der Waals surface area contributed by atoms with Crippen LogP contribution in [-0.4, -0.2) is 29.6 Å². The smallest absolute Gasteiger partial charge is 0.115 e. The quantitative estimate of drug-likeness (QED) is 0.822. The first-order chi connectivity index (χ1) is 8.58. The Labute approximate surface area is 110 Å². The molecule has 1 N–H and O–H groups in total. The molecule has 1 aromatic carbocycles. The number of fused-ring (bicyclic) bond motifs is 4. The molecule has 1 fully saturated rings. The minimum atomic E-state index is 0.281. The Balaban J connectivity index is 2.18. The van der Waals surface area contributed by atoms with Crippen LogP contribution in [-0.2, 0) is 11.8 Å². The lowest BCUT2D eigenvalue weighted by atomic mass is 9.57. The molecule has 1 aliphatic carbocycles. The highest BCUT2D eigenvalue weighted by Crippen LogP contribution is 2.50. The van der Waals surface area contributed by atoms with E-state index in [9.17, 15) is 5.11 Å². The van der Waals surface area contributed by atoms with E-state index in [0.29, 0.717) is 17.7 Å². The number of rotatable bonds is 1. The van der Waals surface area contributed by atoms with Crippen LogP contribution in [0.4, 0.5) is 0 Å². The number of piperidine rings is 1. The summed E-state index contributed by atoms with van der Waals surface area (Å²) in [4.78, 5) is 2.52. The van der Waals surface area contributed by atoms with Gasteiger partial charge in [-0.25, -0.2) is 0 Å². The van der Waals surface area contributed by atoms with Crippen molar-refractivity contribution in [2.75, 3.05) is 13.6 Å². The van der Waals surface area contributed by atoms with E-state index in [0.717, 1.165) is 6.42 Å². The fourth-order valence-electron chi connectivity index (χ4n) is 4.35. The van der Waals surface area contributed by atoms with Crippen LogP contribution in [0.25, 0.3) is 0 Å². The highest BCUT2D eigenvalue weighted by Gasteiger charge is 2.49. The fourth-order valence-corrected chi connectivity index (χ4v) is 4.35. The molecule has 0 aromatic heterocycles. The van der Waals surface area contributed by atoms with Crippen LogP contribution in [0.1, 0.15) is 37.8 Å². The van der Waals surface area contributed by atoms with Gasteiger partial charge in [0.15, 0.2) is 0 Å². The summed E-state index contributed by atoms with van der Waals surface area (Å²) in [5, 5.41) is 9.82. The molecule has 0 radical (unpaired) electrons. The molecule has 0 amide bonds. The van der Waals surface area contributed by atoms with Crippen LogP contribution in [0, 0.1) is 5.92 Å². The molecule has 2 heteroatoms. The largest absolute Gasteiger partial charge is 0.508 e. The second-order valence-electron chi connectivity index (χ2n) is 6.14. The van der Waals surface area contributed by atoms with Crippen molar-refractivity contribution in [2.24, 2.45) is 5.92 Å². The molecule has 1 saturated heterocycles. The second kappa shape index (κ2) is 3.99. The van der Waals surface area contributed by atoms with E-state index in [1.165, 1.54) is 30.5 Å². The van der Waals surface area contributed by atoms with Crippen LogP contribution in [0.15, 0.2) is 18.2 Å². The normalized spacial score (nSPS) is 35.3. The first-order valence-corrected chi connectivity index (χ1v) is 7.11. The molecule has 3 atom stereocenters. The van der Waals surface area contributed by atoms with Crippen LogP contribution in [0.3, 0.4) is 0 Å². The summed E-state index contributed by atoms with van der Waals surface area (Å²) in [7, 11) is 2.26. The third-order valence-corrected chi connectivity index (χ3v) is 5.62. The zero-order chi connectivity index (χ0) is 12.9. The van der Waals surface area contributed by atoms with Gasteiger partial charge in [-0.1, -0.05) is 19.9 Å². The Kier molecular flexibility index (Phi) is 2.67. The summed E-state index contributed by atoms with van der Waals surface area (Å²) >= 11 is 0. The third kappa shape index (κ3) is 1.45. The van der Waals surface area contributed by atoms with Crippen molar-refractivity contribution in [3.63, 3.8) is 0 Å². The Morgan fingerprint density at radius 2 is 2.22 bits per heavy atom. The summed E-state index contributed by atoms with van der Waals surface area (Å²) < 4.78 is 0. The summed E-state index contributed by atoms with van der Waals surface area (Å²) in [5.74, 6) is 1.10. The first-order valence-electron chi connectivity index (χ1n) is 7.11. The molecule has 2 bridgehead atoms. The van der Waals surface area contributed by atoms with Crippen molar-refractivity contribution >= 4 is 0 Å². The van der Waals surface area contributed by atoms with Crippen molar-refractivity contribution in [3.05, 3.63) is 29.3 Å². The molecule has 0 spiro atoms. The number of likely N-dealkylation sites (N-methyl/N-ethyl adjacent to an activating group) is 1. The molecule has 1 aliphatic heterocycles. The van der Waals surface area contributed by atoms with Crippen LogP contribution < -0.4 is 0 Å². The van der Waals surface area contributed by atoms with E-state index < -0.39 is 0 Å². The van der Waals surface area contributed by atoms with E-state index in [1.54, 1.807) is 0 Å². The Morgan fingerprint density at radius 3 is 2.94 bits per heavy atom. The zero-order valence-electron chi connectivity index (χ0n) is 11.6. The molecule has 1 aromatic rings. The van der Waals surface area contributed by atoms with Gasteiger partial charge in [-0.3, -0.25) is 0 Å². The van der Waals surface area contributed by atoms with Gasteiger partial charge in [0, 0.05) is 11.5 Å². The standard InChI is InChI=1S/C16H23NO/c1-4-16-7-8-17(3)15(11(16)2)9-12-5-6-13(18)10-14(12)16/h5-6,10-11,15,18H,4,7-9H2,1-3H3/t11-,15+,16+/m0/s1. The maximum absolute atomic E-state index is 9.82. The summed E-state index contributed by atoms with van der Waals surface area (Å²) in [6.07, 6.45) is 3.53. The van der Waals surface area contributed by atoms with Crippen molar-refractivity contribution in [1.29, 1.82) is 0 Å². The Morgan fingerprint density at radius 1 is 1.44 bits per heavy atom. The molecule has 2 nitrogen and oxygen atoms in total. The lowest BCUT2D eigenvalue weighted by Crippen LogP contribution is -2.57. The number of aromatic hydroxyl groups is 1. The minimum Gasteiger partial charge on any atom is -0.508 e. The summed E-state index contributed by atoms with van der Waals surface area (Å²) in [6, 6.07) is 6.66. The molecule has 0 unspecified atom stereocenters. The lowest BCUT2D eigenvalue weighted by molar-refractivity contribution is 0.0385. The van der Waals surface area contributed by atoms with Gasteiger partial charge in [-0.15, -0.1) is 0 Å². The molecule has 98 valence electrons. The summed E-state index contributed by atoms with van der Waals surface area (Å²) in [5.41, 5.74) is 3.15. The molecule has 18 heavy (non-hydrogen) atoms. The molecule has 3 rings (SSSR count). The van der Waals surface area contributed by atoms with Crippen molar-refractivity contribution in [1.82, 2.24) is 4.90 Å². The zero-order valence-corrected chi connectivity index (χ0v) is 11.6. The number of benzene rings is 1. The van der Waals surface area contributed by atoms with Gasteiger partial charge in [-0.2, -0.15) is 0 Å². The third-order valence-electron chi connectivity index (χ3n) is 5.62. The van der Waals surface area contributed by atoms with Crippen molar-refractivity contribution in [3.8, 4) is 5.75 Å². The van der Waals surface area contributed by atoms with Gasteiger partial charge in [0.1, 0.15) is 5.75 Å². The van der Waals surface area contributed by atoms with Crippen LogP contribution >= 0.6 is 0 Å². The number of phenolic OH excluding ortho intramolecular Hbond substituents is 1. The topological polar surface area (TPSA) is 23.5 Å². The van der Waals surface area contributed by atoms with Crippen molar-refractivity contribution < 1.29 is 5.11 Å². The monoisotopic (exact) mass is 245 g/mol. The SMILES string of the molecule is CC[C@]12CCN(C)[C@H](Cc3ccc(O)cc31)[C@@H]2C. The van der Waals surface area contributed by atoms with Gasteiger partial charge in [0.05, 0.1) is 0 Å². The molecule has 2 aliphatic rings. The second-order valence-corrected chi connectivity index (χ2v) is 6.14. The highest BCUT2D eigenvalue weighted by atomic mass is 16.3. The maximum Gasteiger partial charge on any atom is 0.115 e. The predicted octanol–water partition coefficient (Wildman–Crippen LogP) is 2.94. The fraction of sp³-hybridized carbons (Fsp3) is 0.625. The van der Waals surface area contributed by atoms with E-state index in [1.807, 2.05) is 12.1 Å². The Bertz CT molecular complexity index is 470. The Hall–Kier alpha value is -1.02. The van der Waals surface area contributed by atoms with E-state index in [-0.39, 0.29) is 5.41 Å². The van der Waals surface area contributed by atoms with E-state index >= 15 is 0 Å². The van der Waals surface area contributed by atoms with Crippen LogP contribution in [0.2, 0.25) is 0 Å². The average molecular weight is 245 g/mol. The van der Waals surface area contributed by atoms with Gasteiger partial charge in [0.2, 0.25) is 0 Å². The van der Waals surface area contributed by atoms with Gasteiger partial charge < -0.3 is 10.0 Å². The summed E-state index contributed by atoms with van der Waals surface area (Å²) in [6.45, 7) is 5.88. The minimum absolute atomic E-state index is 0.281. The number of likely N-dealkylation sites (tertiary alicyclic amines) is 1. The maximum atomic E-state index is 9.82. The predicted molar refractivity (Wildman–Crippen MR) is 74.0 cm³/mol. The lowest BCUT2D eigenvalue weighted by Gasteiger charge is -2.55. The number of hydrogen-bond acceptors (Lipinski definition) is 2. The highest BCUT2D eigenvalue weighted by molar-refractivity contribution is 5.44. The van der Waals surface area contributed by atoms with E-state index in [4.69, 9.17) is 0 Å². The number of nitrogens with zero attached hydrogens (tertiary/aromatic N) is 1. The molecule has 0 saturated carbocycles. The first kappa shape index (κ1) is 12.0. The molecular weight excluding hydrogens is 222 g/mol. The average Bonchev–Trinajstić information content (AvgIpc) is 2.36. The number of hydrogen-bond donors (Lipinski definition) is 1. The van der Waals surface area contributed by atoms with Crippen LogP contribution in [0.5, 0.6) is 5.75 Å². The number of phenols is 1. The van der Waals surface area contributed by atoms with Gasteiger partial charge in [0.25, 0.3) is 0 Å². The van der Waals surface area contributed by atoms with E-state index in [2.05, 4.69) is 31.9 Å². The van der Waals surface area contributed by atoms with Crippen molar-refractivity contribution in [2.45, 2.75) is 44.6 Å². The molecular formula is C16H23NO. The van der Waals surface area contributed by atoms with Gasteiger partial charge in [-0.05, 0) is 62.0 Å². The van der Waals surface area contributed by atoms with Gasteiger partial charge >= 0.3 is 0 Å².